The Bertz CT molecular complexity index is 3140. The standard InChI is InChI=1S/C62H69N5O11S/c1-6-22-74-24-25-75-23-21-64(39-62(3,4)79-26-11-16-59(70)78-67-57(68)19-20-58(67)69)47-29-41(37-76-54-35-51-50(27-40(54)2)61(72)66-48(36-63-51)32-45-13-8-10-15-53(45)66)28-42(30-47)38-77-56-33-43-17-18-46-31-44-12-7-9-14-52(44)65(46)60(71)49(43)34-55(56)73-5/h7-10,12-15,27-30,33-36,46,48H,6,11,16-26,31-32,37-39H2,1-5H3/t46-,48+/m1/s1. The van der Waals surface area contributed by atoms with Crippen molar-refractivity contribution >= 4 is 70.3 Å². The summed E-state index contributed by atoms with van der Waals surface area (Å²) in [6, 6.07) is 29.9. The molecule has 2 atom stereocenters. The van der Waals surface area contributed by atoms with Crippen LogP contribution in [0, 0.1) is 6.92 Å². The smallest absolute Gasteiger partial charge is 0.333 e. The van der Waals surface area contributed by atoms with Gasteiger partial charge in [0.05, 0.1) is 44.2 Å². The highest BCUT2D eigenvalue weighted by atomic mass is 32.2. The van der Waals surface area contributed by atoms with Gasteiger partial charge in [-0.05, 0) is 141 Å². The van der Waals surface area contributed by atoms with E-state index in [2.05, 4.69) is 56.0 Å². The van der Waals surface area contributed by atoms with Crippen LogP contribution in [0.1, 0.15) is 113 Å². The van der Waals surface area contributed by atoms with Crippen LogP contribution in [-0.2, 0) is 61.2 Å². The molecule has 0 saturated carbocycles. The fourth-order valence-electron chi connectivity index (χ4n) is 11.1. The number of methoxy groups -OCH3 is 1. The van der Waals surface area contributed by atoms with Crippen LogP contribution < -0.4 is 28.9 Å². The highest BCUT2D eigenvalue weighted by molar-refractivity contribution is 8.00. The average Bonchev–Trinajstić information content (AvgIpc) is 4.15. The number of hydrogen-bond acceptors (Lipinski definition) is 14. The van der Waals surface area contributed by atoms with E-state index in [-0.39, 0.29) is 61.1 Å². The third kappa shape index (κ3) is 12.5. The second kappa shape index (κ2) is 24.4. The van der Waals surface area contributed by atoms with Crippen LogP contribution in [-0.4, -0.2) is 110 Å². The van der Waals surface area contributed by atoms with Gasteiger partial charge < -0.3 is 38.3 Å². The van der Waals surface area contributed by atoms with Gasteiger partial charge in [0, 0.05) is 91.1 Å². The molecule has 0 N–H and O–H groups in total. The van der Waals surface area contributed by atoms with Gasteiger partial charge in [0.15, 0.2) is 11.5 Å². The minimum Gasteiger partial charge on any atom is -0.493 e. The average molecular weight is 1090 g/mol. The van der Waals surface area contributed by atoms with Crippen molar-refractivity contribution in [3.63, 3.8) is 0 Å². The van der Waals surface area contributed by atoms with Crippen molar-refractivity contribution < 1.29 is 52.5 Å². The third-order valence-corrected chi connectivity index (χ3v) is 16.4. The first-order valence-corrected chi connectivity index (χ1v) is 28.5. The van der Waals surface area contributed by atoms with Crippen LogP contribution in [0.15, 0.2) is 96.0 Å². The van der Waals surface area contributed by atoms with Crippen molar-refractivity contribution in [2.75, 3.05) is 67.1 Å². The van der Waals surface area contributed by atoms with Gasteiger partial charge in [-0.1, -0.05) is 43.3 Å². The molecule has 0 spiro atoms. The van der Waals surface area contributed by atoms with Gasteiger partial charge in [0.1, 0.15) is 19.0 Å². The predicted octanol–water partition coefficient (Wildman–Crippen LogP) is 10.1. The number of nitrogens with zero attached hydrogens (tertiary/aromatic N) is 5. The van der Waals surface area contributed by atoms with Gasteiger partial charge in [0.2, 0.25) is 0 Å². The van der Waals surface area contributed by atoms with E-state index in [9.17, 15) is 24.0 Å². The molecule has 0 radical (unpaired) electrons. The van der Waals surface area contributed by atoms with Gasteiger partial charge >= 0.3 is 5.97 Å². The maximum absolute atomic E-state index is 14.3. The van der Waals surface area contributed by atoms with Crippen LogP contribution in [0.3, 0.4) is 0 Å². The van der Waals surface area contributed by atoms with Crippen LogP contribution in [0.4, 0.5) is 22.7 Å². The second-order valence-electron chi connectivity index (χ2n) is 21.3. The highest BCUT2D eigenvalue weighted by Crippen LogP contribution is 2.42. The molecule has 5 aromatic rings. The Morgan fingerprint density at radius 3 is 2.13 bits per heavy atom. The number of aryl methyl sites for hydroxylation is 2. The number of carbonyl (C=O) groups excluding carboxylic acids is 5. The normalized spacial score (nSPS) is 17.2. The molecule has 0 aromatic heterocycles. The molecule has 414 valence electrons. The summed E-state index contributed by atoms with van der Waals surface area (Å²) < 4.78 is 30.9. The molecule has 5 aromatic carbocycles. The zero-order valence-electron chi connectivity index (χ0n) is 45.8. The largest absolute Gasteiger partial charge is 0.493 e. The van der Waals surface area contributed by atoms with Crippen molar-refractivity contribution in [2.24, 2.45) is 4.99 Å². The topological polar surface area (TPSA) is 166 Å². The Kier molecular flexibility index (Phi) is 17.0. The number of anilines is 3. The molecular formula is C62H69N5O11S. The number of aliphatic imine (C=N–C) groups is 1. The summed E-state index contributed by atoms with van der Waals surface area (Å²) in [4.78, 5) is 81.3. The third-order valence-electron chi connectivity index (χ3n) is 15.0. The van der Waals surface area contributed by atoms with E-state index in [4.69, 9.17) is 33.5 Å². The van der Waals surface area contributed by atoms with E-state index < -0.39 is 17.8 Å². The van der Waals surface area contributed by atoms with E-state index >= 15 is 0 Å². The fourth-order valence-corrected chi connectivity index (χ4v) is 12.2. The van der Waals surface area contributed by atoms with Crippen molar-refractivity contribution in [3.8, 4) is 17.2 Å². The van der Waals surface area contributed by atoms with Crippen LogP contribution in [0.25, 0.3) is 0 Å². The molecule has 5 aliphatic heterocycles. The predicted molar refractivity (Wildman–Crippen MR) is 304 cm³/mol. The zero-order chi connectivity index (χ0) is 55.2. The molecule has 10 rings (SSSR count). The molecule has 79 heavy (non-hydrogen) atoms. The summed E-state index contributed by atoms with van der Waals surface area (Å²) in [5.74, 6) is 0.494. The maximum atomic E-state index is 14.3. The summed E-state index contributed by atoms with van der Waals surface area (Å²) in [6.45, 7) is 11.9. The number of fused-ring (bicyclic) bond motifs is 8. The number of para-hydroxylation sites is 2. The van der Waals surface area contributed by atoms with Gasteiger partial charge in [-0.25, -0.2) is 4.79 Å². The molecule has 5 heterocycles. The number of ether oxygens (including phenoxy) is 5. The van der Waals surface area contributed by atoms with Crippen LogP contribution >= 0.6 is 11.8 Å². The quantitative estimate of drug-likeness (QED) is 0.0424. The van der Waals surface area contributed by atoms with E-state index in [0.717, 1.165) is 64.1 Å². The Labute approximate surface area is 466 Å². The number of rotatable bonds is 24. The highest BCUT2D eigenvalue weighted by Gasteiger charge is 2.39. The second-order valence-corrected chi connectivity index (χ2v) is 23.1. The summed E-state index contributed by atoms with van der Waals surface area (Å²) in [5.41, 5.74) is 10.3. The Morgan fingerprint density at radius 2 is 1.41 bits per heavy atom. The fraction of sp³-hybridized carbons (Fsp3) is 0.419. The molecule has 5 aliphatic rings. The van der Waals surface area contributed by atoms with E-state index in [0.29, 0.717) is 104 Å². The summed E-state index contributed by atoms with van der Waals surface area (Å²) in [7, 11) is 1.59. The minimum absolute atomic E-state index is 0.0343. The van der Waals surface area contributed by atoms with Gasteiger partial charge in [0.25, 0.3) is 23.6 Å². The lowest BCUT2D eigenvalue weighted by Gasteiger charge is -2.34. The van der Waals surface area contributed by atoms with Gasteiger partial charge in [-0.2, -0.15) is 11.8 Å². The number of carbonyl (C=O) groups is 5. The first kappa shape index (κ1) is 55.1. The number of amides is 4. The summed E-state index contributed by atoms with van der Waals surface area (Å²) in [5, 5.41) is 0.593. The number of hydrogen-bond donors (Lipinski definition) is 0. The molecule has 17 heteroatoms. The lowest BCUT2D eigenvalue weighted by molar-refractivity contribution is -0.197. The summed E-state index contributed by atoms with van der Waals surface area (Å²) in [6.07, 6.45) is 6.47. The molecule has 16 nitrogen and oxygen atoms in total. The number of hydroxylamine groups is 2. The molecule has 0 bridgehead atoms. The van der Waals surface area contributed by atoms with Crippen molar-refractivity contribution in [2.45, 2.75) is 116 Å². The number of thioether (sulfide) groups is 1. The molecule has 4 amide bonds. The minimum atomic E-state index is -0.616. The van der Waals surface area contributed by atoms with Gasteiger partial charge in [-0.15, -0.1) is 5.06 Å². The maximum Gasteiger partial charge on any atom is 0.333 e. The number of benzene rings is 5. The monoisotopic (exact) mass is 1090 g/mol. The zero-order valence-corrected chi connectivity index (χ0v) is 46.6. The van der Waals surface area contributed by atoms with Crippen LogP contribution in [0.2, 0.25) is 0 Å². The molecule has 0 unspecified atom stereocenters. The van der Waals surface area contributed by atoms with E-state index in [1.54, 1.807) is 18.9 Å². The first-order chi connectivity index (χ1) is 38.3. The Hall–Kier alpha value is -7.21. The molecule has 0 aliphatic carbocycles. The Morgan fingerprint density at radius 1 is 0.734 bits per heavy atom. The lowest BCUT2D eigenvalue weighted by atomic mass is 9.99. The van der Waals surface area contributed by atoms with E-state index in [1.165, 1.54) is 5.56 Å². The van der Waals surface area contributed by atoms with Crippen molar-refractivity contribution in [3.05, 3.63) is 136 Å². The number of imide groups is 1. The van der Waals surface area contributed by atoms with Gasteiger partial charge in [-0.3, -0.25) is 29.1 Å². The van der Waals surface area contributed by atoms with E-state index in [1.807, 2.05) is 83.6 Å². The van der Waals surface area contributed by atoms with Crippen LogP contribution in [0.5, 0.6) is 17.2 Å². The molecular weight excluding hydrogens is 1020 g/mol. The Balaban J connectivity index is 0.911. The molecule has 1 saturated heterocycles. The summed E-state index contributed by atoms with van der Waals surface area (Å²) >= 11 is 1.71. The molecule has 1 fully saturated rings. The van der Waals surface area contributed by atoms with Crippen molar-refractivity contribution in [1.29, 1.82) is 0 Å². The first-order valence-electron chi connectivity index (χ1n) is 27.5. The van der Waals surface area contributed by atoms with Crippen molar-refractivity contribution in [1.82, 2.24) is 5.06 Å². The lowest BCUT2D eigenvalue weighted by Crippen LogP contribution is -2.39. The SMILES string of the molecule is CCCOCCOCCN(CC(C)(C)SCCCC(=O)ON1C(=O)CCC1=O)c1cc(COc2cc3c(cc2C)C(=O)N2c4ccccc4C[C@H]2C=N3)cc(COc2cc3c(cc2OC)C(=O)N2c4ccccc4C[C@H]2CC3)c1.